The molecule has 0 N–H and O–H groups in total. The van der Waals surface area contributed by atoms with E-state index in [4.69, 9.17) is 9.47 Å². The predicted octanol–water partition coefficient (Wildman–Crippen LogP) is 4.47. The maximum absolute atomic E-state index is 11.9. The lowest BCUT2D eigenvalue weighted by atomic mass is 9.90. The lowest BCUT2D eigenvalue weighted by Gasteiger charge is -2.41. The molecule has 1 aliphatic carbocycles. The van der Waals surface area contributed by atoms with E-state index in [9.17, 15) is 4.79 Å². The van der Waals surface area contributed by atoms with Crippen LogP contribution in [0.5, 0.6) is 5.75 Å². The first-order valence-electron chi connectivity index (χ1n) is 9.34. The first-order chi connectivity index (χ1) is 12.2. The number of carbonyl (C=O) groups is 1. The number of nitrogens with zero attached hydrogens (tertiary/aromatic N) is 1. The van der Waals surface area contributed by atoms with Gasteiger partial charge >= 0.3 is 5.97 Å². The normalized spacial score (nSPS) is 19.7. The molecule has 2 aliphatic rings. The molecule has 0 radical (unpaired) electrons. The van der Waals surface area contributed by atoms with Crippen LogP contribution in [0.2, 0.25) is 0 Å². The molecule has 25 heavy (non-hydrogen) atoms. The first-order valence-corrected chi connectivity index (χ1v) is 10.2. The van der Waals surface area contributed by atoms with Crippen molar-refractivity contribution in [3.05, 3.63) is 29.1 Å². The maximum Gasteiger partial charge on any atom is 0.348 e. The summed E-state index contributed by atoms with van der Waals surface area (Å²) < 4.78 is 12.4. The molecular formula is C20H25NO3S. The number of piperidine rings is 1. The quantitative estimate of drug-likeness (QED) is 0.738. The summed E-state index contributed by atoms with van der Waals surface area (Å²) in [6.45, 7) is 4.54. The number of ether oxygens (including phenoxy) is 2. The van der Waals surface area contributed by atoms with E-state index in [1.165, 1.54) is 30.6 Å². The fraction of sp³-hybridized carbons (Fsp3) is 0.550. The van der Waals surface area contributed by atoms with Crippen LogP contribution < -0.4 is 4.74 Å². The fourth-order valence-electron chi connectivity index (χ4n) is 3.69. The van der Waals surface area contributed by atoms with Gasteiger partial charge in [0, 0.05) is 23.8 Å². The predicted molar refractivity (Wildman–Crippen MR) is 101 cm³/mol. The van der Waals surface area contributed by atoms with Crippen molar-refractivity contribution in [3.63, 3.8) is 0 Å². The molecule has 0 spiro atoms. The molecule has 1 saturated heterocycles. The Labute approximate surface area is 152 Å². The summed E-state index contributed by atoms with van der Waals surface area (Å²) in [5, 5.41) is 1.07. The van der Waals surface area contributed by atoms with Crippen LogP contribution >= 0.6 is 11.3 Å². The zero-order valence-electron chi connectivity index (χ0n) is 14.7. The monoisotopic (exact) mass is 359 g/mol. The third-order valence-corrected chi connectivity index (χ3v) is 6.42. The van der Waals surface area contributed by atoms with E-state index in [-0.39, 0.29) is 5.97 Å². The third-order valence-electron chi connectivity index (χ3n) is 5.34. The Hall–Kier alpha value is -1.59. The first kappa shape index (κ1) is 16.9. The van der Waals surface area contributed by atoms with Crippen molar-refractivity contribution in [2.24, 2.45) is 0 Å². The third kappa shape index (κ3) is 3.67. The zero-order chi connectivity index (χ0) is 17.2. The van der Waals surface area contributed by atoms with Crippen molar-refractivity contribution in [3.8, 4) is 5.75 Å². The standard InChI is InChI=1S/C20H25NO3S/c1-2-23-20(22)19-12-14-6-7-17(13-18(14)25-19)24-16-8-10-21(11-9-16)15-4-3-5-15/h6-7,12-13,15-16H,2-5,8-11H2,1H3. The van der Waals surface area contributed by atoms with Crippen molar-refractivity contribution in [1.29, 1.82) is 0 Å². The second-order valence-corrected chi connectivity index (χ2v) is 8.05. The second-order valence-electron chi connectivity index (χ2n) is 6.97. The number of esters is 1. The Morgan fingerprint density at radius 3 is 2.68 bits per heavy atom. The number of carbonyl (C=O) groups excluding carboxylic acids is 1. The van der Waals surface area contributed by atoms with Crippen molar-refractivity contribution in [2.45, 2.75) is 51.2 Å². The fourth-order valence-corrected chi connectivity index (χ4v) is 4.68. The highest BCUT2D eigenvalue weighted by Crippen LogP contribution is 2.32. The van der Waals surface area contributed by atoms with Gasteiger partial charge in [-0.2, -0.15) is 0 Å². The molecule has 2 heterocycles. The summed E-state index contributed by atoms with van der Waals surface area (Å²) in [6, 6.07) is 8.85. The summed E-state index contributed by atoms with van der Waals surface area (Å²) >= 11 is 1.47. The van der Waals surface area contributed by atoms with Crippen LogP contribution in [0.15, 0.2) is 24.3 Å². The summed E-state index contributed by atoms with van der Waals surface area (Å²) in [5.41, 5.74) is 0. The van der Waals surface area contributed by atoms with Crippen LogP contribution in [0.3, 0.4) is 0 Å². The minimum absolute atomic E-state index is 0.241. The van der Waals surface area contributed by atoms with E-state index in [0.717, 1.165) is 47.8 Å². The Morgan fingerprint density at radius 2 is 2.00 bits per heavy atom. The van der Waals surface area contributed by atoms with Gasteiger partial charge in [-0.15, -0.1) is 11.3 Å². The Bertz CT molecular complexity index is 744. The Balaban J connectivity index is 1.39. The molecule has 0 unspecified atom stereocenters. The number of hydrogen-bond acceptors (Lipinski definition) is 5. The summed E-state index contributed by atoms with van der Waals surface area (Å²) in [5.74, 6) is 0.668. The molecule has 0 amide bonds. The molecule has 1 aromatic heterocycles. The highest BCUT2D eigenvalue weighted by atomic mass is 32.1. The molecular weight excluding hydrogens is 334 g/mol. The molecule has 0 bridgehead atoms. The van der Waals surface area contributed by atoms with Gasteiger partial charge in [-0.3, -0.25) is 0 Å². The summed E-state index contributed by atoms with van der Waals surface area (Å²) in [4.78, 5) is 15.2. The topological polar surface area (TPSA) is 38.8 Å². The minimum atomic E-state index is -0.241. The van der Waals surface area contributed by atoms with Crippen LogP contribution in [0.1, 0.15) is 48.7 Å². The van der Waals surface area contributed by atoms with Crippen LogP contribution in [0.4, 0.5) is 0 Å². The number of benzene rings is 1. The van der Waals surface area contributed by atoms with Crippen LogP contribution in [-0.2, 0) is 4.74 Å². The SMILES string of the molecule is CCOC(=O)c1cc2ccc(OC3CCN(C4CCC4)CC3)cc2s1. The largest absolute Gasteiger partial charge is 0.490 e. The van der Waals surface area contributed by atoms with Gasteiger partial charge in [0.15, 0.2) is 0 Å². The van der Waals surface area contributed by atoms with E-state index in [1.54, 1.807) is 0 Å². The molecule has 1 saturated carbocycles. The van der Waals surface area contributed by atoms with Crippen LogP contribution in [-0.4, -0.2) is 42.7 Å². The second kappa shape index (κ2) is 7.34. The molecule has 0 atom stereocenters. The van der Waals surface area contributed by atoms with Gasteiger partial charge < -0.3 is 14.4 Å². The number of thiophene rings is 1. The van der Waals surface area contributed by atoms with Gasteiger partial charge in [0.25, 0.3) is 0 Å². The maximum atomic E-state index is 11.9. The summed E-state index contributed by atoms with van der Waals surface area (Å²) in [7, 11) is 0. The highest BCUT2D eigenvalue weighted by molar-refractivity contribution is 7.20. The van der Waals surface area contributed by atoms with E-state index >= 15 is 0 Å². The molecule has 1 aromatic carbocycles. The minimum Gasteiger partial charge on any atom is -0.490 e. The molecule has 2 aromatic rings. The van der Waals surface area contributed by atoms with Gasteiger partial charge in [0.1, 0.15) is 16.7 Å². The van der Waals surface area contributed by atoms with Gasteiger partial charge in [-0.05, 0) is 62.3 Å². The van der Waals surface area contributed by atoms with Gasteiger partial charge in [0.2, 0.25) is 0 Å². The average Bonchev–Trinajstić information content (AvgIpc) is 2.99. The van der Waals surface area contributed by atoms with Crippen molar-refractivity contribution >= 4 is 27.4 Å². The lowest BCUT2D eigenvalue weighted by molar-refractivity contribution is 0.0494. The molecule has 5 heteroatoms. The van der Waals surface area contributed by atoms with Crippen LogP contribution in [0, 0.1) is 0 Å². The van der Waals surface area contributed by atoms with E-state index < -0.39 is 0 Å². The number of rotatable bonds is 5. The van der Waals surface area contributed by atoms with Crippen molar-refractivity contribution in [1.82, 2.24) is 4.90 Å². The van der Waals surface area contributed by atoms with Crippen LogP contribution in [0.25, 0.3) is 10.1 Å². The molecule has 1 aliphatic heterocycles. The average molecular weight is 359 g/mol. The Kier molecular flexibility index (Phi) is 4.95. The van der Waals surface area contributed by atoms with Gasteiger partial charge in [-0.25, -0.2) is 4.79 Å². The molecule has 2 fully saturated rings. The Morgan fingerprint density at radius 1 is 1.20 bits per heavy atom. The van der Waals surface area contributed by atoms with E-state index in [2.05, 4.69) is 11.0 Å². The number of likely N-dealkylation sites (tertiary alicyclic amines) is 1. The van der Waals surface area contributed by atoms with E-state index in [0.29, 0.717) is 17.6 Å². The van der Waals surface area contributed by atoms with E-state index in [1.807, 2.05) is 25.1 Å². The van der Waals surface area contributed by atoms with Crippen molar-refractivity contribution < 1.29 is 14.3 Å². The highest BCUT2D eigenvalue weighted by Gasteiger charge is 2.29. The number of hydrogen-bond donors (Lipinski definition) is 0. The zero-order valence-corrected chi connectivity index (χ0v) is 15.5. The van der Waals surface area contributed by atoms with Crippen molar-refractivity contribution in [2.75, 3.05) is 19.7 Å². The number of fused-ring (bicyclic) bond motifs is 1. The lowest BCUT2D eigenvalue weighted by Crippen LogP contribution is -2.46. The molecule has 134 valence electrons. The van der Waals surface area contributed by atoms with Gasteiger partial charge in [-0.1, -0.05) is 6.42 Å². The molecule has 4 rings (SSSR count). The summed E-state index contributed by atoms with van der Waals surface area (Å²) in [6.07, 6.45) is 6.67. The molecule has 4 nitrogen and oxygen atoms in total. The smallest absolute Gasteiger partial charge is 0.348 e. The van der Waals surface area contributed by atoms with Gasteiger partial charge in [0.05, 0.1) is 6.61 Å².